The molecule has 2 aliphatic heterocycles. The highest BCUT2D eigenvalue weighted by molar-refractivity contribution is 9.49. The monoisotopic (exact) mass is 2380 g/mol. The fourth-order valence-corrected chi connectivity index (χ4v) is 807. The van der Waals surface area contributed by atoms with Gasteiger partial charge >= 0.3 is 0 Å². The minimum atomic E-state index is -0.965. The molecule has 2 aliphatic rings. The van der Waals surface area contributed by atoms with Gasteiger partial charge in [0, 0.05) is 43.5 Å². The smallest absolute Gasteiger partial charge is 0.240 e. The van der Waals surface area contributed by atoms with Gasteiger partial charge in [-0.2, -0.15) is 10.2 Å². The number of nitrogens with zero attached hydrogens (tertiary/aromatic N) is 2. The van der Waals surface area contributed by atoms with E-state index in [1.165, 1.54) is 13.8 Å². The SMILES string of the molecule is C=C1C[C@@H](C)C(c2ccc(NC(C)=O)c(Cl)c2)=NN1.CC(=O)Nc1ccc(C2=NNC(=O)C[C@H]2C)cc1.[3H]P(P(P(P(P)P)P(PP)P(P)P)P(P(P(P)P)P(P)P)P(P(P)P)P(P)P)P(P(P(P(P)P)P(P)P)P(P(P)P)P(P)P)P(P(P(P)P)P(P)P)P(P(P)P)P(P)P. The van der Waals surface area contributed by atoms with E-state index in [0.29, 0.717) is 17.1 Å². The number of carbonyl (C=O) groups excluding carboxylic acids is 3. The number of hydrogen-bond donors (Lipinski definition) is 4. The molecular formula is C27H91ClN6O3P58. The molecule has 9 nitrogen and oxygen atoms in total. The zero-order valence-corrected chi connectivity index (χ0v) is 111. The van der Waals surface area contributed by atoms with Gasteiger partial charge in [-0.05, 0) is 238 Å². The van der Waals surface area contributed by atoms with Gasteiger partial charge in [0.2, 0.25) is 17.7 Å². The van der Waals surface area contributed by atoms with Gasteiger partial charge in [-0.3, -0.25) is 19.8 Å². The molecule has 0 radical (unpaired) electrons. The largest absolute Gasteiger partial charge is 0.326 e. The van der Waals surface area contributed by atoms with Gasteiger partial charge in [0.25, 0.3) is 0 Å². The summed E-state index contributed by atoms with van der Waals surface area (Å²) in [5.74, 6) is 0.0947. The number of amides is 3. The molecule has 4 rings (SSSR count). The predicted molar refractivity (Wildman–Crippen MR) is 633 cm³/mol. The second kappa shape index (κ2) is 59.8. The van der Waals surface area contributed by atoms with Crippen molar-refractivity contribution >= 4 is 516 Å². The molecule has 36 atom stereocenters. The van der Waals surface area contributed by atoms with E-state index in [1.54, 1.807) is 6.07 Å². The summed E-state index contributed by atoms with van der Waals surface area (Å²) in [7, 11) is 100. The molecule has 0 fully saturated rings. The Bertz CT molecular complexity index is 2640. The molecule has 0 aromatic heterocycles. The van der Waals surface area contributed by atoms with Crippen molar-refractivity contribution in [1.29, 1.82) is 1.28 Å². The molecule has 0 aliphatic carbocycles. The Hall–Kier alpha value is 21.0. The van der Waals surface area contributed by atoms with Crippen LogP contribution in [0.5, 0.6) is 0 Å². The van der Waals surface area contributed by atoms with Gasteiger partial charge in [0.15, 0.2) is 0 Å². The van der Waals surface area contributed by atoms with Crippen molar-refractivity contribution in [3.05, 3.63) is 70.9 Å². The average molecular weight is 2380 g/mol. The van der Waals surface area contributed by atoms with Crippen molar-refractivity contribution < 1.29 is 14.4 Å². The number of anilines is 2. The summed E-state index contributed by atoms with van der Waals surface area (Å²) in [6, 6.07) is 12.9. The molecule has 0 spiro atoms. The summed E-state index contributed by atoms with van der Waals surface area (Å²) < 4.78 is 12.2. The maximum absolute atomic E-state index is 12.2. The minimum Gasteiger partial charge on any atom is -0.326 e. The molecule has 34 unspecified atom stereocenters. The molecule has 544 valence electrons. The first kappa shape index (κ1) is 110. The number of hydrogen-bond acceptors (Lipinski definition) is 6. The third-order valence-corrected chi connectivity index (χ3v) is 407. The van der Waals surface area contributed by atoms with Crippen LogP contribution in [0.4, 0.5) is 11.4 Å². The molecule has 2 aromatic carbocycles. The Morgan fingerprint density at radius 1 is 0.474 bits per heavy atom. The Morgan fingerprint density at radius 2 is 0.789 bits per heavy atom. The van der Waals surface area contributed by atoms with E-state index in [0.717, 1.165) is 48.3 Å². The van der Waals surface area contributed by atoms with Crippen LogP contribution >= 0.6 is 475 Å². The molecular weight excluding hydrogens is 2290 g/mol. The summed E-state index contributed by atoms with van der Waals surface area (Å²) >= 11 is 6.16. The Labute approximate surface area is 677 Å². The molecule has 0 saturated heterocycles. The van der Waals surface area contributed by atoms with Crippen LogP contribution in [-0.2, 0) is 14.4 Å². The number of benzene rings is 2. The standard InChI is InChI=1S/C14H16ClN3O.C13H15N3O2.H60P58/c1-8-6-9(2)17-18-14(8)11-4-5-13(12(15)7-11)16-10(3)19;1-8-7-12(18)15-16-13(8)10-3-5-11(6-4-10)14-9(2)17;1-30-46(32(2)3)55(45(28)29)47(56(49(33(4)5)34(6)7)50(35(8)9)36(10)11)31-48(57(51(37(12)13)38(14)15)52(39(16)17)40(18)19)58(53(41(20)21)42(22)23)54(43(24)25)44(26)27/h4-5,7-8,17H,2,6H2,1,3H3,(H,16,19);3-6,8H,7H2,1-2H3,(H,14,17)(H,15,18);30-31H,1-29H2/t2*8-;/m11./s1/i;;31T. The molecule has 68 heteroatoms. The second-order valence-corrected chi connectivity index (χ2v) is 254. The third kappa shape index (κ3) is 39.8. The Kier molecular flexibility index (Phi) is 69.4. The molecule has 4 N–H and O–H groups in total. The topological polar surface area (TPSA) is 124 Å². The molecule has 3 amide bonds. The lowest BCUT2D eigenvalue weighted by atomic mass is 9.93. The first-order chi connectivity index (χ1) is 44.4. The fraction of sp³-hybridized carbons (Fsp3) is 0.296. The summed E-state index contributed by atoms with van der Waals surface area (Å²) in [6.07, 6.45) is 1.30. The van der Waals surface area contributed by atoms with Gasteiger partial charge in [-0.25, -0.2) is 5.43 Å². The number of carbonyl (C=O) groups is 3. The highest BCUT2D eigenvalue weighted by Crippen LogP contribution is 3.43. The fourth-order valence-electron chi connectivity index (χ4n) is 7.31. The lowest BCUT2D eigenvalue weighted by Gasteiger charge is -2.55. The highest BCUT2D eigenvalue weighted by atomic mass is 35.5. The molecule has 0 bridgehead atoms. The summed E-state index contributed by atoms with van der Waals surface area (Å²) in [5.41, 5.74) is 11.4. The molecule has 2 heterocycles. The van der Waals surface area contributed by atoms with Crippen LogP contribution in [0, 0.1) is 11.8 Å². The van der Waals surface area contributed by atoms with Crippen LogP contribution in [0.3, 0.4) is 0 Å². The van der Waals surface area contributed by atoms with Crippen LogP contribution in [0.1, 0.15) is 51.7 Å². The van der Waals surface area contributed by atoms with Crippen molar-refractivity contribution in [3.8, 4) is 0 Å². The third-order valence-electron chi connectivity index (χ3n) is 10.6. The number of nitrogens with one attached hydrogen (secondary N) is 4. The van der Waals surface area contributed by atoms with Crippen LogP contribution < -0.4 is 21.5 Å². The van der Waals surface area contributed by atoms with Gasteiger partial charge in [0.05, 0.1) is 23.4 Å². The van der Waals surface area contributed by atoms with Gasteiger partial charge < -0.3 is 10.6 Å². The van der Waals surface area contributed by atoms with Crippen molar-refractivity contribution in [3.63, 3.8) is 0 Å². The lowest BCUT2D eigenvalue weighted by Crippen LogP contribution is -2.31. The number of hydrazone groups is 2. The van der Waals surface area contributed by atoms with Crippen LogP contribution in [-0.4, -0.2) is 30.4 Å². The van der Waals surface area contributed by atoms with E-state index in [1.807, 2.05) is 43.3 Å². The number of halogens is 1. The summed E-state index contributed by atoms with van der Waals surface area (Å²) in [5, 5.41) is 14.3. The zero-order chi connectivity index (χ0) is 74.0. The van der Waals surface area contributed by atoms with Gasteiger partial charge in [-0.15, -0.1) is 259 Å². The Morgan fingerprint density at radius 3 is 1.08 bits per heavy atom. The normalized spacial score (nSPS) is 17.6. The van der Waals surface area contributed by atoms with Crippen molar-refractivity contribution in [1.82, 2.24) is 10.9 Å². The summed E-state index contributed by atoms with van der Waals surface area (Å²) in [4.78, 5) is 33.1. The van der Waals surface area contributed by atoms with Crippen molar-refractivity contribution in [2.75, 3.05) is 10.6 Å². The van der Waals surface area contributed by atoms with Crippen molar-refractivity contribution in [2.45, 2.75) is 40.5 Å². The molecule has 95 heavy (non-hydrogen) atoms. The van der Waals surface area contributed by atoms with Gasteiger partial charge in [0.1, 0.15) is 0 Å². The van der Waals surface area contributed by atoms with E-state index in [2.05, 4.69) is 304 Å². The second-order valence-electron chi connectivity index (χ2n) is 18.1. The molecule has 0 saturated carbocycles. The maximum Gasteiger partial charge on any atom is 0.240 e. The van der Waals surface area contributed by atoms with Crippen LogP contribution in [0.2, 0.25) is 5.02 Å². The summed E-state index contributed by atoms with van der Waals surface area (Å²) in [6.45, 7) is 2.67. The van der Waals surface area contributed by atoms with E-state index < -0.39 is 21.9 Å². The average Bonchev–Trinajstić information content (AvgIpc) is 0.738. The lowest BCUT2D eigenvalue weighted by molar-refractivity contribution is -0.122. The predicted octanol–water partition coefficient (Wildman–Crippen LogP) is 38.5. The van der Waals surface area contributed by atoms with Gasteiger partial charge in [-0.1, -0.05) is 58.2 Å². The zero-order valence-electron chi connectivity index (χ0n) is 52.1. The maximum atomic E-state index is 12.2. The van der Waals surface area contributed by atoms with E-state index in [9.17, 15) is 15.7 Å². The van der Waals surface area contributed by atoms with Crippen molar-refractivity contribution in [2.24, 2.45) is 22.0 Å². The first-order valence-electron chi connectivity index (χ1n) is 25.5. The quantitative estimate of drug-likeness (QED) is 0.0545. The van der Waals surface area contributed by atoms with Crippen LogP contribution in [0.25, 0.3) is 0 Å². The highest BCUT2D eigenvalue weighted by Gasteiger charge is 2.56. The first-order valence-corrected chi connectivity index (χ1v) is 131. The van der Waals surface area contributed by atoms with E-state index in [-0.39, 0.29) is 204 Å². The van der Waals surface area contributed by atoms with Crippen LogP contribution in [0.15, 0.2) is 64.9 Å². The minimum absolute atomic E-state index is 0.0545. The number of allylic oxidation sites excluding steroid dienone is 1. The Balaban J connectivity index is 0.000000670. The van der Waals surface area contributed by atoms with E-state index in [4.69, 9.17) is 11.6 Å². The number of rotatable bonds is 32. The molecule has 2 aromatic rings. The van der Waals surface area contributed by atoms with E-state index >= 15 is 0 Å².